The lowest BCUT2D eigenvalue weighted by Crippen LogP contribution is -2.32. The van der Waals surface area contributed by atoms with E-state index in [0.717, 1.165) is 23.3 Å². The summed E-state index contributed by atoms with van der Waals surface area (Å²) in [6.45, 7) is 11.2. The molecule has 0 fully saturated rings. The van der Waals surface area contributed by atoms with E-state index in [1.165, 1.54) is 0 Å². The summed E-state index contributed by atoms with van der Waals surface area (Å²) in [5.41, 5.74) is 2.19. The number of aromatic nitrogens is 2. The van der Waals surface area contributed by atoms with Crippen molar-refractivity contribution in [1.82, 2.24) is 9.55 Å². The number of imidazole rings is 1. The second kappa shape index (κ2) is 5.23. The molecule has 1 heterocycles. The van der Waals surface area contributed by atoms with Gasteiger partial charge in [-0.3, -0.25) is 0 Å². The van der Waals surface area contributed by atoms with E-state index in [2.05, 4.69) is 44.2 Å². The summed E-state index contributed by atoms with van der Waals surface area (Å²) >= 11 is 12.2. The summed E-state index contributed by atoms with van der Waals surface area (Å²) in [6, 6.07) is 5.84. The molecule has 2 rings (SSSR count). The van der Waals surface area contributed by atoms with Crippen LogP contribution in [0.15, 0.2) is 18.2 Å². The van der Waals surface area contributed by atoms with E-state index in [-0.39, 0.29) is 11.0 Å². The Balaban J connectivity index is 2.62. The van der Waals surface area contributed by atoms with Gasteiger partial charge in [-0.25, -0.2) is 4.98 Å². The zero-order chi connectivity index (χ0) is 15.1. The van der Waals surface area contributed by atoms with E-state index >= 15 is 0 Å². The first-order chi connectivity index (χ1) is 9.14. The molecule has 1 aromatic heterocycles. The summed E-state index contributed by atoms with van der Waals surface area (Å²) in [6.07, 6.45) is 1.04. The van der Waals surface area contributed by atoms with Gasteiger partial charge in [0.1, 0.15) is 5.82 Å². The molecule has 2 aromatic rings. The molecule has 0 radical (unpaired) electrons. The number of benzene rings is 1. The third-order valence-electron chi connectivity index (χ3n) is 3.37. The Labute approximate surface area is 131 Å². The van der Waals surface area contributed by atoms with Crippen LogP contribution in [0.2, 0.25) is 5.02 Å². The smallest absolute Gasteiger partial charge is 0.125 e. The SMILES string of the molecule is CC(C)(C)CC(C)(C)n1c(CCl)nc2cc(Cl)ccc21. The van der Waals surface area contributed by atoms with Crippen LogP contribution in [0.25, 0.3) is 11.0 Å². The van der Waals surface area contributed by atoms with Gasteiger partial charge in [-0.2, -0.15) is 0 Å². The van der Waals surface area contributed by atoms with Crippen LogP contribution < -0.4 is 0 Å². The van der Waals surface area contributed by atoms with Crippen LogP contribution in [-0.2, 0) is 11.4 Å². The maximum absolute atomic E-state index is 6.10. The van der Waals surface area contributed by atoms with Crippen molar-refractivity contribution in [2.24, 2.45) is 5.41 Å². The van der Waals surface area contributed by atoms with Crippen molar-refractivity contribution in [3.05, 3.63) is 29.0 Å². The summed E-state index contributed by atoms with van der Waals surface area (Å²) in [4.78, 5) is 4.63. The van der Waals surface area contributed by atoms with E-state index in [1.54, 1.807) is 0 Å². The molecule has 0 unspecified atom stereocenters. The molecule has 20 heavy (non-hydrogen) atoms. The molecule has 0 aliphatic heterocycles. The van der Waals surface area contributed by atoms with Crippen molar-refractivity contribution < 1.29 is 0 Å². The maximum atomic E-state index is 6.10. The predicted octanol–water partition coefficient (Wildman–Crippen LogP) is 5.60. The van der Waals surface area contributed by atoms with Crippen molar-refractivity contribution in [2.45, 2.75) is 52.5 Å². The highest BCUT2D eigenvalue weighted by Gasteiger charge is 2.30. The van der Waals surface area contributed by atoms with Gasteiger partial charge in [-0.1, -0.05) is 32.4 Å². The number of hydrogen-bond donors (Lipinski definition) is 0. The standard InChI is InChI=1S/C16H22Cl2N2/c1-15(2,3)10-16(4,5)20-13-7-6-11(18)8-12(13)19-14(20)9-17/h6-8H,9-10H2,1-5H3. The normalized spacial score (nSPS) is 13.2. The summed E-state index contributed by atoms with van der Waals surface area (Å²) < 4.78 is 2.26. The summed E-state index contributed by atoms with van der Waals surface area (Å²) in [5.74, 6) is 1.30. The van der Waals surface area contributed by atoms with Crippen LogP contribution in [0, 0.1) is 5.41 Å². The number of nitrogens with zero attached hydrogens (tertiary/aromatic N) is 2. The van der Waals surface area contributed by atoms with Gasteiger partial charge in [0.15, 0.2) is 0 Å². The molecule has 0 bridgehead atoms. The number of halogens is 2. The van der Waals surface area contributed by atoms with Crippen LogP contribution in [0.3, 0.4) is 0 Å². The van der Waals surface area contributed by atoms with Crippen LogP contribution in [0.5, 0.6) is 0 Å². The second-order valence-electron chi connectivity index (χ2n) is 7.18. The third kappa shape index (κ3) is 3.12. The Bertz CT molecular complexity index is 621. The van der Waals surface area contributed by atoms with E-state index in [9.17, 15) is 0 Å². The van der Waals surface area contributed by atoms with Crippen LogP contribution in [0.4, 0.5) is 0 Å². The van der Waals surface area contributed by atoms with Crippen molar-refractivity contribution in [3.63, 3.8) is 0 Å². The molecular weight excluding hydrogens is 291 g/mol. The quantitative estimate of drug-likeness (QED) is 0.674. The molecule has 0 saturated carbocycles. The van der Waals surface area contributed by atoms with Gasteiger partial charge >= 0.3 is 0 Å². The lowest BCUT2D eigenvalue weighted by molar-refractivity contribution is 0.216. The van der Waals surface area contributed by atoms with Crippen molar-refractivity contribution in [3.8, 4) is 0 Å². The largest absolute Gasteiger partial charge is 0.321 e. The van der Waals surface area contributed by atoms with Crippen LogP contribution >= 0.6 is 23.2 Å². The highest BCUT2D eigenvalue weighted by Crippen LogP contribution is 2.36. The highest BCUT2D eigenvalue weighted by molar-refractivity contribution is 6.31. The molecule has 110 valence electrons. The van der Waals surface area contributed by atoms with Gasteiger partial charge in [0.2, 0.25) is 0 Å². The highest BCUT2D eigenvalue weighted by atomic mass is 35.5. The van der Waals surface area contributed by atoms with Gasteiger partial charge < -0.3 is 4.57 Å². The van der Waals surface area contributed by atoms with Gasteiger partial charge in [0.05, 0.1) is 16.9 Å². The average Bonchev–Trinajstić information content (AvgIpc) is 2.63. The number of hydrogen-bond acceptors (Lipinski definition) is 1. The average molecular weight is 313 g/mol. The molecule has 1 aromatic carbocycles. The molecule has 0 N–H and O–H groups in total. The summed E-state index contributed by atoms with van der Waals surface area (Å²) in [7, 11) is 0. The van der Waals surface area contributed by atoms with E-state index in [4.69, 9.17) is 23.2 Å². The Morgan fingerprint density at radius 2 is 1.80 bits per heavy atom. The fourth-order valence-corrected chi connectivity index (χ4v) is 3.59. The van der Waals surface area contributed by atoms with Gasteiger partial charge in [0.25, 0.3) is 0 Å². The lowest BCUT2D eigenvalue weighted by atomic mass is 9.81. The number of fused-ring (bicyclic) bond motifs is 1. The van der Waals surface area contributed by atoms with E-state index in [0.29, 0.717) is 10.9 Å². The molecule has 2 nitrogen and oxygen atoms in total. The predicted molar refractivity (Wildman–Crippen MR) is 87.7 cm³/mol. The first kappa shape index (κ1) is 15.7. The minimum atomic E-state index is -0.0505. The fraction of sp³-hybridized carbons (Fsp3) is 0.562. The topological polar surface area (TPSA) is 17.8 Å². The Morgan fingerprint density at radius 3 is 2.35 bits per heavy atom. The number of alkyl halides is 1. The molecule has 0 atom stereocenters. The molecule has 0 aliphatic rings. The van der Waals surface area contributed by atoms with Gasteiger partial charge in [-0.05, 0) is 43.9 Å². The van der Waals surface area contributed by atoms with Crippen molar-refractivity contribution in [1.29, 1.82) is 0 Å². The lowest BCUT2D eigenvalue weighted by Gasteiger charge is -2.35. The Morgan fingerprint density at radius 1 is 1.15 bits per heavy atom. The number of rotatable bonds is 3. The fourth-order valence-electron chi connectivity index (χ4n) is 3.25. The molecule has 0 aliphatic carbocycles. The first-order valence-electron chi connectivity index (χ1n) is 6.87. The molecule has 0 spiro atoms. The monoisotopic (exact) mass is 312 g/mol. The maximum Gasteiger partial charge on any atom is 0.125 e. The molecule has 0 amide bonds. The Hall–Kier alpha value is -0.730. The minimum absolute atomic E-state index is 0.0505. The zero-order valence-electron chi connectivity index (χ0n) is 12.8. The first-order valence-corrected chi connectivity index (χ1v) is 7.79. The van der Waals surface area contributed by atoms with Crippen molar-refractivity contribution in [2.75, 3.05) is 0 Å². The van der Waals surface area contributed by atoms with Gasteiger partial charge in [-0.15, -0.1) is 11.6 Å². The molecule has 4 heteroatoms. The Kier molecular flexibility index (Phi) is 4.10. The van der Waals surface area contributed by atoms with Crippen molar-refractivity contribution >= 4 is 34.2 Å². The molecule has 0 saturated heterocycles. The summed E-state index contributed by atoms with van der Waals surface area (Å²) in [5, 5.41) is 0.705. The second-order valence-corrected chi connectivity index (χ2v) is 7.88. The van der Waals surface area contributed by atoms with Gasteiger partial charge in [0, 0.05) is 10.6 Å². The van der Waals surface area contributed by atoms with E-state index in [1.807, 2.05) is 18.2 Å². The zero-order valence-corrected chi connectivity index (χ0v) is 14.3. The van der Waals surface area contributed by atoms with Crippen LogP contribution in [-0.4, -0.2) is 9.55 Å². The van der Waals surface area contributed by atoms with E-state index < -0.39 is 0 Å². The third-order valence-corrected chi connectivity index (χ3v) is 3.85. The molecular formula is C16H22Cl2N2. The minimum Gasteiger partial charge on any atom is -0.321 e. The van der Waals surface area contributed by atoms with Crippen LogP contribution in [0.1, 0.15) is 46.9 Å².